The Morgan fingerprint density at radius 1 is 0.647 bits per heavy atom. The first-order valence-electron chi connectivity index (χ1n) is 9.86. The molecular formula is C24H14N6O4. The van der Waals surface area contributed by atoms with Crippen LogP contribution in [-0.2, 0) is 0 Å². The van der Waals surface area contributed by atoms with Gasteiger partial charge in [0.2, 0.25) is 11.6 Å². The second kappa shape index (κ2) is 7.02. The highest BCUT2D eigenvalue weighted by molar-refractivity contribution is 6.30. The Bertz CT molecular complexity index is 1500. The Labute approximate surface area is 191 Å². The maximum atomic E-state index is 13.8. The topological polar surface area (TPSA) is 184 Å². The molecule has 0 saturated carbocycles. The molecule has 0 radical (unpaired) electrons. The molecule has 0 amide bonds. The molecule has 2 aromatic heterocycles. The third kappa shape index (κ3) is 2.54. The number of ketones is 2. The molecule has 10 heteroatoms. The summed E-state index contributed by atoms with van der Waals surface area (Å²) in [5, 5.41) is 38.9. The van der Waals surface area contributed by atoms with Gasteiger partial charge >= 0.3 is 0 Å². The lowest BCUT2D eigenvalue weighted by Gasteiger charge is -2.17. The number of nitriles is 2. The Morgan fingerprint density at radius 3 is 1.26 bits per heavy atom. The molecule has 5 rings (SSSR count). The number of phenols is 2. The number of carbonyl (C=O) groups excluding carboxylic acids is 2. The van der Waals surface area contributed by atoms with Gasteiger partial charge in [0.1, 0.15) is 57.8 Å². The fourth-order valence-electron chi connectivity index (χ4n) is 4.26. The molecule has 164 valence electrons. The largest absolute Gasteiger partial charge is 0.508 e. The van der Waals surface area contributed by atoms with Crippen LogP contribution in [0.2, 0.25) is 0 Å². The summed E-state index contributed by atoms with van der Waals surface area (Å²) in [7, 11) is 0. The number of rotatable bonds is 2. The molecule has 6 N–H and O–H groups in total. The van der Waals surface area contributed by atoms with Crippen molar-refractivity contribution in [1.82, 2.24) is 9.13 Å². The molecule has 0 bridgehead atoms. The number of fused-ring (bicyclic) bond motifs is 2. The first-order chi connectivity index (χ1) is 16.3. The number of aromatic nitrogens is 2. The summed E-state index contributed by atoms with van der Waals surface area (Å²) in [5.41, 5.74) is 12.0. The Morgan fingerprint density at radius 2 is 0.971 bits per heavy atom. The Kier molecular flexibility index (Phi) is 4.22. The van der Waals surface area contributed by atoms with Crippen LogP contribution in [0.1, 0.15) is 43.2 Å². The van der Waals surface area contributed by atoms with Crippen molar-refractivity contribution in [1.29, 1.82) is 10.5 Å². The Balaban J connectivity index is 1.87. The van der Waals surface area contributed by atoms with Crippen LogP contribution in [0.25, 0.3) is 11.4 Å². The SMILES string of the molecule is N#Cc1c2c(n(-c3ccc(O)cc3)c1N)C(=O)c1c(C#N)c(N)n(-c3ccc(O)cc3)c1C2=O. The van der Waals surface area contributed by atoms with Crippen LogP contribution >= 0.6 is 0 Å². The smallest absolute Gasteiger partial charge is 0.214 e. The standard InChI is InChI=1S/C24H14N6O4/c25-9-15-17-19(29(23(15)27)11-1-5-13(31)6-2-11)21(33)18-16(10-26)24(28)30(20(18)22(17)34)12-3-7-14(32)8-4-12/h1-8,31-32H,27-28H2. The molecule has 0 spiro atoms. The number of hydrogen-bond acceptors (Lipinski definition) is 8. The van der Waals surface area contributed by atoms with E-state index in [1.54, 1.807) is 0 Å². The van der Waals surface area contributed by atoms with Crippen molar-refractivity contribution < 1.29 is 19.8 Å². The van der Waals surface area contributed by atoms with Gasteiger partial charge in [0, 0.05) is 11.4 Å². The molecule has 0 aliphatic heterocycles. The second-order valence-corrected chi connectivity index (χ2v) is 7.55. The van der Waals surface area contributed by atoms with Crippen LogP contribution in [-0.4, -0.2) is 30.9 Å². The van der Waals surface area contributed by atoms with E-state index in [1.807, 2.05) is 12.1 Å². The van der Waals surface area contributed by atoms with Gasteiger partial charge in [0.05, 0.1) is 11.1 Å². The lowest BCUT2D eigenvalue weighted by atomic mass is 9.89. The summed E-state index contributed by atoms with van der Waals surface area (Å²) in [6, 6.07) is 15.2. The Hall–Kier alpha value is -5.48. The number of nitrogens with zero attached hydrogens (tertiary/aromatic N) is 4. The van der Waals surface area contributed by atoms with E-state index in [2.05, 4.69) is 0 Å². The summed E-state index contributed by atoms with van der Waals surface area (Å²) in [6.07, 6.45) is 0. The first-order valence-corrected chi connectivity index (χ1v) is 9.86. The van der Waals surface area contributed by atoms with Crippen LogP contribution in [0, 0.1) is 22.7 Å². The first kappa shape index (κ1) is 20.4. The molecule has 0 saturated heterocycles. The average molecular weight is 450 g/mol. The van der Waals surface area contributed by atoms with Gasteiger partial charge in [-0.25, -0.2) is 0 Å². The minimum absolute atomic E-state index is 0.0287. The summed E-state index contributed by atoms with van der Waals surface area (Å²) < 4.78 is 2.51. The van der Waals surface area contributed by atoms with Crippen molar-refractivity contribution in [2.24, 2.45) is 0 Å². The van der Waals surface area contributed by atoms with Gasteiger partial charge in [0.25, 0.3) is 0 Å². The molecule has 1 aliphatic carbocycles. The third-order valence-electron chi connectivity index (χ3n) is 5.74. The second-order valence-electron chi connectivity index (χ2n) is 7.55. The number of aromatic hydroxyl groups is 2. The van der Waals surface area contributed by atoms with Crippen LogP contribution < -0.4 is 11.5 Å². The van der Waals surface area contributed by atoms with Crippen molar-refractivity contribution in [3.63, 3.8) is 0 Å². The van der Waals surface area contributed by atoms with Crippen molar-refractivity contribution in [2.45, 2.75) is 0 Å². The molecule has 2 heterocycles. The van der Waals surface area contributed by atoms with Gasteiger partial charge in [-0.3, -0.25) is 18.7 Å². The van der Waals surface area contributed by atoms with Gasteiger partial charge in [-0.15, -0.1) is 0 Å². The minimum atomic E-state index is -0.702. The average Bonchev–Trinajstić information content (AvgIpc) is 3.30. The highest BCUT2D eigenvalue weighted by atomic mass is 16.3. The number of nitrogens with two attached hydrogens (primary N) is 2. The third-order valence-corrected chi connectivity index (χ3v) is 5.74. The zero-order chi connectivity index (χ0) is 24.3. The highest BCUT2D eigenvalue weighted by Gasteiger charge is 2.43. The van der Waals surface area contributed by atoms with E-state index in [-0.39, 0.29) is 56.8 Å². The monoisotopic (exact) mass is 450 g/mol. The van der Waals surface area contributed by atoms with Gasteiger partial charge in [0.15, 0.2) is 0 Å². The van der Waals surface area contributed by atoms with Gasteiger partial charge in [-0.1, -0.05) is 0 Å². The predicted octanol–water partition coefficient (Wildman–Crippen LogP) is 2.36. The van der Waals surface area contributed by atoms with Crippen molar-refractivity contribution in [3.8, 4) is 35.0 Å². The minimum Gasteiger partial charge on any atom is -0.508 e. The maximum absolute atomic E-state index is 13.8. The van der Waals surface area contributed by atoms with Crippen LogP contribution in [0.3, 0.4) is 0 Å². The van der Waals surface area contributed by atoms with E-state index < -0.39 is 11.6 Å². The fourth-order valence-corrected chi connectivity index (χ4v) is 4.26. The van der Waals surface area contributed by atoms with E-state index in [0.29, 0.717) is 11.4 Å². The van der Waals surface area contributed by atoms with Gasteiger partial charge in [-0.2, -0.15) is 10.5 Å². The van der Waals surface area contributed by atoms with E-state index in [4.69, 9.17) is 11.5 Å². The zero-order valence-corrected chi connectivity index (χ0v) is 17.3. The van der Waals surface area contributed by atoms with Crippen molar-refractivity contribution in [2.75, 3.05) is 11.5 Å². The van der Waals surface area contributed by atoms with E-state index in [9.17, 15) is 30.3 Å². The van der Waals surface area contributed by atoms with Crippen LogP contribution in [0.4, 0.5) is 11.6 Å². The highest BCUT2D eigenvalue weighted by Crippen LogP contribution is 2.41. The molecule has 0 atom stereocenters. The molecular weight excluding hydrogens is 436 g/mol. The van der Waals surface area contributed by atoms with E-state index >= 15 is 0 Å². The molecule has 10 nitrogen and oxygen atoms in total. The molecule has 4 aromatic rings. The summed E-state index contributed by atoms with van der Waals surface area (Å²) in [6.45, 7) is 0. The van der Waals surface area contributed by atoms with Gasteiger partial charge < -0.3 is 21.7 Å². The number of nitrogen functional groups attached to an aromatic ring is 2. The van der Waals surface area contributed by atoms with E-state index in [1.165, 1.54) is 57.7 Å². The van der Waals surface area contributed by atoms with Gasteiger partial charge in [-0.05, 0) is 48.5 Å². The lowest BCUT2D eigenvalue weighted by molar-refractivity contribution is 0.0971. The quantitative estimate of drug-likeness (QED) is 0.316. The summed E-state index contributed by atoms with van der Waals surface area (Å²) in [5.74, 6) is -1.73. The summed E-state index contributed by atoms with van der Waals surface area (Å²) in [4.78, 5) is 27.6. The molecule has 0 unspecified atom stereocenters. The molecule has 2 aromatic carbocycles. The zero-order valence-electron chi connectivity index (χ0n) is 17.3. The normalized spacial score (nSPS) is 12.1. The maximum Gasteiger partial charge on any atom is 0.214 e. The van der Waals surface area contributed by atoms with E-state index in [0.717, 1.165) is 0 Å². The number of phenolic OH excluding ortho intramolecular Hbond substituents is 2. The number of anilines is 2. The number of carbonyl (C=O) groups is 2. The van der Waals surface area contributed by atoms with Crippen molar-refractivity contribution in [3.05, 3.63) is 82.2 Å². The van der Waals surface area contributed by atoms with Crippen LogP contribution in [0.15, 0.2) is 48.5 Å². The molecule has 34 heavy (non-hydrogen) atoms. The predicted molar refractivity (Wildman–Crippen MR) is 120 cm³/mol. The van der Waals surface area contributed by atoms with Crippen LogP contribution in [0.5, 0.6) is 11.5 Å². The molecule has 1 aliphatic rings. The van der Waals surface area contributed by atoms with Crippen molar-refractivity contribution >= 4 is 23.2 Å². The number of hydrogen-bond donors (Lipinski definition) is 4. The number of benzene rings is 2. The lowest BCUT2D eigenvalue weighted by Crippen LogP contribution is -2.25. The summed E-state index contributed by atoms with van der Waals surface area (Å²) >= 11 is 0. The molecule has 0 fully saturated rings. The fraction of sp³-hybridized carbons (Fsp3) is 0.